The molecule has 4 nitrogen and oxygen atoms in total. The summed E-state index contributed by atoms with van der Waals surface area (Å²) in [5, 5.41) is 13.0. The quantitative estimate of drug-likeness (QED) is 0.775. The summed E-state index contributed by atoms with van der Waals surface area (Å²) in [6.45, 7) is 9.79. The Bertz CT molecular complexity index is 273. The molecule has 4 heteroatoms. The van der Waals surface area contributed by atoms with Crippen LogP contribution >= 0.6 is 0 Å². The fourth-order valence-corrected chi connectivity index (χ4v) is 3.56. The van der Waals surface area contributed by atoms with Crippen molar-refractivity contribution >= 4 is 0 Å². The third-order valence-corrected chi connectivity index (χ3v) is 4.98. The van der Waals surface area contributed by atoms with E-state index in [1.165, 1.54) is 25.7 Å². The monoisotopic (exact) mass is 284 g/mol. The summed E-state index contributed by atoms with van der Waals surface area (Å²) in [7, 11) is 0. The molecule has 1 aliphatic heterocycles. The Morgan fingerprint density at radius 2 is 1.95 bits per heavy atom. The average molecular weight is 284 g/mol. The number of rotatable bonds is 6. The van der Waals surface area contributed by atoms with Crippen LogP contribution in [0.5, 0.6) is 0 Å². The highest BCUT2D eigenvalue weighted by molar-refractivity contribution is 4.79. The molecule has 0 aromatic rings. The third kappa shape index (κ3) is 4.69. The van der Waals surface area contributed by atoms with Gasteiger partial charge in [-0.2, -0.15) is 0 Å². The molecule has 118 valence electrons. The van der Waals surface area contributed by atoms with Crippen LogP contribution in [0.25, 0.3) is 0 Å². The molecule has 3 atom stereocenters. The van der Waals surface area contributed by atoms with E-state index in [4.69, 9.17) is 4.74 Å². The molecular weight excluding hydrogens is 252 g/mol. The number of aliphatic hydroxyl groups excluding tert-OH is 1. The number of nitrogens with one attached hydrogen (secondary N) is 1. The number of aliphatic hydroxyl groups is 1. The van der Waals surface area contributed by atoms with Crippen molar-refractivity contribution in [2.75, 3.05) is 39.4 Å². The van der Waals surface area contributed by atoms with Gasteiger partial charge < -0.3 is 15.2 Å². The summed E-state index contributed by atoms with van der Waals surface area (Å²) in [4.78, 5) is 2.49. The van der Waals surface area contributed by atoms with Gasteiger partial charge in [0.1, 0.15) is 0 Å². The standard InChI is InChI=1S/C16H32N2O2/c1-13(2)18-7-8-20-16(11-18)10-17-9-14-5-3-4-6-15(14)12-19/h13-17,19H,3-12H2,1-2H3. The lowest BCUT2D eigenvalue weighted by atomic mass is 9.79. The Kier molecular flexibility index (Phi) is 6.75. The zero-order chi connectivity index (χ0) is 14.4. The summed E-state index contributed by atoms with van der Waals surface area (Å²) >= 11 is 0. The molecule has 2 rings (SSSR count). The molecule has 3 unspecified atom stereocenters. The number of morpholine rings is 1. The molecule has 0 spiro atoms. The van der Waals surface area contributed by atoms with Crippen molar-refractivity contribution in [1.29, 1.82) is 0 Å². The molecule has 1 saturated heterocycles. The lowest BCUT2D eigenvalue weighted by Gasteiger charge is -2.36. The van der Waals surface area contributed by atoms with Crippen molar-refractivity contribution in [3.63, 3.8) is 0 Å². The van der Waals surface area contributed by atoms with E-state index < -0.39 is 0 Å². The molecular formula is C16H32N2O2. The van der Waals surface area contributed by atoms with Crippen LogP contribution in [-0.2, 0) is 4.74 Å². The third-order valence-electron chi connectivity index (χ3n) is 4.98. The lowest BCUT2D eigenvalue weighted by Crippen LogP contribution is -2.49. The van der Waals surface area contributed by atoms with Gasteiger partial charge >= 0.3 is 0 Å². The maximum Gasteiger partial charge on any atom is 0.0826 e. The van der Waals surface area contributed by atoms with Gasteiger partial charge in [0.15, 0.2) is 0 Å². The zero-order valence-electron chi connectivity index (χ0n) is 13.2. The van der Waals surface area contributed by atoms with Crippen molar-refractivity contribution in [2.45, 2.75) is 51.7 Å². The predicted octanol–water partition coefficient (Wildman–Crippen LogP) is 1.48. The topological polar surface area (TPSA) is 44.7 Å². The zero-order valence-corrected chi connectivity index (χ0v) is 13.2. The lowest BCUT2D eigenvalue weighted by molar-refractivity contribution is -0.0378. The molecule has 0 amide bonds. The van der Waals surface area contributed by atoms with E-state index in [1.807, 2.05) is 0 Å². The molecule has 2 aliphatic rings. The fourth-order valence-electron chi connectivity index (χ4n) is 3.56. The van der Waals surface area contributed by atoms with Crippen molar-refractivity contribution in [1.82, 2.24) is 10.2 Å². The Hall–Kier alpha value is -0.160. The number of hydrogen-bond acceptors (Lipinski definition) is 4. The van der Waals surface area contributed by atoms with E-state index in [1.54, 1.807) is 0 Å². The van der Waals surface area contributed by atoms with E-state index in [2.05, 4.69) is 24.1 Å². The first-order chi connectivity index (χ1) is 9.70. The summed E-state index contributed by atoms with van der Waals surface area (Å²) in [6.07, 6.45) is 5.40. The molecule has 0 radical (unpaired) electrons. The number of hydrogen-bond donors (Lipinski definition) is 2. The average Bonchev–Trinajstić information content (AvgIpc) is 2.48. The first-order valence-corrected chi connectivity index (χ1v) is 8.38. The first kappa shape index (κ1) is 16.2. The molecule has 0 aromatic carbocycles. The molecule has 1 saturated carbocycles. The van der Waals surface area contributed by atoms with Gasteiger partial charge in [0.2, 0.25) is 0 Å². The summed E-state index contributed by atoms with van der Waals surface area (Å²) in [6, 6.07) is 0.610. The second-order valence-electron chi connectivity index (χ2n) is 6.73. The predicted molar refractivity (Wildman–Crippen MR) is 81.9 cm³/mol. The van der Waals surface area contributed by atoms with Crippen LogP contribution < -0.4 is 5.32 Å². The van der Waals surface area contributed by atoms with Crippen LogP contribution in [0.1, 0.15) is 39.5 Å². The number of ether oxygens (including phenoxy) is 1. The van der Waals surface area contributed by atoms with Gasteiger partial charge in [-0.15, -0.1) is 0 Å². The van der Waals surface area contributed by atoms with E-state index in [0.29, 0.717) is 30.6 Å². The van der Waals surface area contributed by atoms with Crippen LogP contribution in [0.15, 0.2) is 0 Å². The van der Waals surface area contributed by atoms with E-state index >= 15 is 0 Å². The van der Waals surface area contributed by atoms with Gasteiger partial charge in [0.05, 0.1) is 12.7 Å². The van der Waals surface area contributed by atoms with Crippen molar-refractivity contribution in [2.24, 2.45) is 11.8 Å². The minimum Gasteiger partial charge on any atom is -0.396 e. The molecule has 2 N–H and O–H groups in total. The van der Waals surface area contributed by atoms with Crippen molar-refractivity contribution in [3.05, 3.63) is 0 Å². The maximum atomic E-state index is 9.45. The smallest absolute Gasteiger partial charge is 0.0826 e. The molecule has 0 bridgehead atoms. The maximum absolute atomic E-state index is 9.45. The Morgan fingerprint density at radius 3 is 2.65 bits per heavy atom. The van der Waals surface area contributed by atoms with E-state index in [-0.39, 0.29) is 0 Å². The largest absolute Gasteiger partial charge is 0.396 e. The van der Waals surface area contributed by atoms with Crippen LogP contribution in [0.4, 0.5) is 0 Å². The van der Waals surface area contributed by atoms with Gasteiger partial charge in [0, 0.05) is 32.3 Å². The highest BCUT2D eigenvalue weighted by atomic mass is 16.5. The van der Waals surface area contributed by atoms with Crippen molar-refractivity contribution in [3.8, 4) is 0 Å². The van der Waals surface area contributed by atoms with Crippen LogP contribution in [-0.4, -0.2) is 61.5 Å². The van der Waals surface area contributed by atoms with Gasteiger partial charge in [-0.1, -0.05) is 12.8 Å². The minimum atomic E-state index is 0.322. The van der Waals surface area contributed by atoms with Crippen LogP contribution in [0.2, 0.25) is 0 Å². The second kappa shape index (κ2) is 8.32. The van der Waals surface area contributed by atoms with Crippen LogP contribution in [0, 0.1) is 11.8 Å². The van der Waals surface area contributed by atoms with Gasteiger partial charge in [-0.3, -0.25) is 4.90 Å². The summed E-state index contributed by atoms with van der Waals surface area (Å²) in [5.41, 5.74) is 0. The number of nitrogens with zero attached hydrogens (tertiary/aromatic N) is 1. The van der Waals surface area contributed by atoms with Crippen molar-refractivity contribution < 1.29 is 9.84 Å². The van der Waals surface area contributed by atoms with Gasteiger partial charge in [-0.25, -0.2) is 0 Å². The van der Waals surface area contributed by atoms with Crippen LogP contribution in [0.3, 0.4) is 0 Å². The first-order valence-electron chi connectivity index (χ1n) is 8.38. The Balaban J connectivity index is 1.67. The SMILES string of the molecule is CC(C)N1CCOC(CNCC2CCCCC2CO)C1. The Labute approximate surface area is 123 Å². The van der Waals surface area contributed by atoms with E-state index in [0.717, 1.165) is 32.8 Å². The van der Waals surface area contributed by atoms with E-state index in [9.17, 15) is 5.11 Å². The highest BCUT2D eigenvalue weighted by Crippen LogP contribution is 2.29. The molecule has 2 fully saturated rings. The molecule has 1 heterocycles. The normalized spacial score (nSPS) is 32.7. The molecule has 20 heavy (non-hydrogen) atoms. The molecule has 0 aromatic heterocycles. The van der Waals surface area contributed by atoms with Gasteiger partial charge in [-0.05, 0) is 45.1 Å². The summed E-state index contributed by atoms with van der Waals surface area (Å²) in [5.74, 6) is 1.16. The Morgan fingerprint density at radius 1 is 1.20 bits per heavy atom. The molecule has 1 aliphatic carbocycles. The summed E-state index contributed by atoms with van der Waals surface area (Å²) < 4.78 is 5.85. The fraction of sp³-hybridized carbons (Fsp3) is 1.00. The second-order valence-corrected chi connectivity index (χ2v) is 6.73. The minimum absolute atomic E-state index is 0.322. The highest BCUT2D eigenvalue weighted by Gasteiger charge is 2.25. The van der Waals surface area contributed by atoms with Gasteiger partial charge in [0.25, 0.3) is 0 Å².